The summed E-state index contributed by atoms with van der Waals surface area (Å²) in [5, 5.41) is 2.31. The standard InChI is InChI=1S/C20H17BrN2O3S/c1-12-3-8-16(13(2)9-12)22-18(24)11-23-19(25)17(27-20(23)26)10-14-4-6-15(21)7-5-14/h3-10H,11H2,1-2H3,(H,22,24)/b17-10+. The zero-order valence-corrected chi connectivity index (χ0v) is 17.2. The quantitative estimate of drug-likeness (QED) is 0.691. The highest BCUT2D eigenvalue weighted by Gasteiger charge is 2.36. The van der Waals surface area contributed by atoms with Crippen molar-refractivity contribution in [2.45, 2.75) is 13.8 Å². The van der Waals surface area contributed by atoms with E-state index in [1.54, 1.807) is 6.08 Å². The number of amides is 3. The van der Waals surface area contributed by atoms with Crippen molar-refractivity contribution in [1.82, 2.24) is 4.90 Å². The molecule has 2 aromatic rings. The van der Waals surface area contributed by atoms with Gasteiger partial charge in [-0.1, -0.05) is 45.8 Å². The maximum Gasteiger partial charge on any atom is 0.294 e. The monoisotopic (exact) mass is 444 g/mol. The van der Waals surface area contributed by atoms with E-state index in [1.165, 1.54) is 0 Å². The van der Waals surface area contributed by atoms with Crippen LogP contribution in [0.15, 0.2) is 51.8 Å². The molecule has 1 aliphatic heterocycles. The molecule has 1 fully saturated rings. The number of benzene rings is 2. The molecule has 1 aliphatic rings. The molecular formula is C20H17BrN2O3S. The molecule has 3 rings (SSSR count). The topological polar surface area (TPSA) is 66.5 Å². The third-order valence-electron chi connectivity index (χ3n) is 4.00. The van der Waals surface area contributed by atoms with Crippen LogP contribution in [-0.4, -0.2) is 28.5 Å². The zero-order valence-electron chi connectivity index (χ0n) is 14.8. The Kier molecular flexibility index (Phi) is 5.82. The van der Waals surface area contributed by atoms with E-state index in [2.05, 4.69) is 21.2 Å². The first kappa shape index (κ1) is 19.4. The number of carbonyl (C=O) groups excluding carboxylic acids is 3. The second-order valence-corrected chi connectivity index (χ2v) is 8.09. The lowest BCUT2D eigenvalue weighted by Gasteiger charge is -2.14. The van der Waals surface area contributed by atoms with Crippen LogP contribution in [0.1, 0.15) is 16.7 Å². The summed E-state index contributed by atoms with van der Waals surface area (Å²) < 4.78 is 0.927. The van der Waals surface area contributed by atoms with Gasteiger partial charge in [-0.15, -0.1) is 0 Å². The fourth-order valence-corrected chi connectivity index (χ4v) is 3.74. The molecule has 3 amide bonds. The van der Waals surface area contributed by atoms with Gasteiger partial charge >= 0.3 is 0 Å². The van der Waals surface area contributed by atoms with E-state index >= 15 is 0 Å². The molecule has 0 radical (unpaired) electrons. The number of carbonyl (C=O) groups is 3. The van der Waals surface area contributed by atoms with Crippen LogP contribution in [-0.2, 0) is 9.59 Å². The van der Waals surface area contributed by atoms with Crippen molar-refractivity contribution < 1.29 is 14.4 Å². The Hall–Kier alpha value is -2.38. The molecule has 0 bridgehead atoms. The number of thioether (sulfide) groups is 1. The molecule has 27 heavy (non-hydrogen) atoms. The first-order chi connectivity index (χ1) is 12.8. The molecule has 0 atom stereocenters. The highest BCUT2D eigenvalue weighted by atomic mass is 79.9. The maximum absolute atomic E-state index is 12.5. The van der Waals surface area contributed by atoms with E-state index in [1.807, 2.05) is 56.3 Å². The minimum atomic E-state index is -0.455. The van der Waals surface area contributed by atoms with Crippen molar-refractivity contribution in [2.75, 3.05) is 11.9 Å². The predicted molar refractivity (Wildman–Crippen MR) is 111 cm³/mol. The molecule has 138 valence electrons. The van der Waals surface area contributed by atoms with Gasteiger partial charge in [0.1, 0.15) is 6.54 Å². The summed E-state index contributed by atoms with van der Waals surface area (Å²) in [6.07, 6.45) is 1.65. The molecule has 1 heterocycles. The Labute approximate surface area is 169 Å². The van der Waals surface area contributed by atoms with Crippen molar-refractivity contribution in [3.05, 3.63) is 68.5 Å². The van der Waals surface area contributed by atoms with Crippen LogP contribution in [0.5, 0.6) is 0 Å². The van der Waals surface area contributed by atoms with Gasteiger partial charge in [-0.2, -0.15) is 0 Å². The van der Waals surface area contributed by atoms with Crippen LogP contribution < -0.4 is 5.32 Å². The molecular weight excluding hydrogens is 428 g/mol. The molecule has 0 spiro atoms. The van der Waals surface area contributed by atoms with Crippen molar-refractivity contribution in [3.8, 4) is 0 Å². The number of nitrogens with one attached hydrogen (secondary N) is 1. The largest absolute Gasteiger partial charge is 0.324 e. The van der Waals surface area contributed by atoms with Crippen molar-refractivity contribution in [2.24, 2.45) is 0 Å². The van der Waals surface area contributed by atoms with E-state index in [9.17, 15) is 14.4 Å². The van der Waals surface area contributed by atoms with Crippen LogP contribution in [0.25, 0.3) is 6.08 Å². The fourth-order valence-electron chi connectivity index (χ4n) is 2.63. The normalized spacial score (nSPS) is 15.5. The van der Waals surface area contributed by atoms with Gasteiger partial charge in [0.25, 0.3) is 11.1 Å². The number of hydrogen-bond acceptors (Lipinski definition) is 4. The number of rotatable bonds is 4. The second-order valence-electron chi connectivity index (χ2n) is 6.19. The number of nitrogens with zero attached hydrogens (tertiary/aromatic N) is 1. The fraction of sp³-hybridized carbons (Fsp3) is 0.150. The van der Waals surface area contributed by atoms with Crippen LogP contribution in [0, 0.1) is 13.8 Å². The van der Waals surface area contributed by atoms with Gasteiger partial charge in [0.15, 0.2) is 0 Å². The molecule has 5 nitrogen and oxygen atoms in total. The summed E-state index contributed by atoms with van der Waals surface area (Å²) in [5.41, 5.74) is 3.49. The summed E-state index contributed by atoms with van der Waals surface area (Å²) in [7, 11) is 0. The van der Waals surface area contributed by atoms with Gasteiger partial charge in [0.05, 0.1) is 4.91 Å². The van der Waals surface area contributed by atoms with Crippen molar-refractivity contribution >= 4 is 56.5 Å². The Morgan fingerprint density at radius 3 is 2.52 bits per heavy atom. The number of aryl methyl sites for hydroxylation is 2. The molecule has 0 aliphatic carbocycles. The van der Waals surface area contributed by atoms with Gasteiger partial charge in [-0.25, -0.2) is 0 Å². The molecule has 0 aromatic heterocycles. The second kappa shape index (κ2) is 8.10. The molecule has 2 aromatic carbocycles. The average Bonchev–Trinajstić information content (AvgIpc) is 2.87. The van der Waals surface area contributed by atoms with Gasteiger partial charge in [0.2, 0.25) is 5.91 Å². The smallest absolute Gasteiger partial charge is 0.294 e. The highest BCUT2D eigenvalue weighted by molar-refractivity contribution is 9.10. The summed E-state index contributed by atoms with van der Waals surface area (Å²) in [6.45, 7) is 3.55. The van der Waals surface area contributed by atoms with E-state index in [4.69, 9.17) is 0 Å². The summed E-state index contributed by atoms with van der Waals surface area (Å²) in [4.78, 5) is 38.3. The lowest BCUT2D eigenvalue weighted by molar-refractivity contribution is -0.127. The first-order valence-corrected chi connectivity index (χ1v) is 9.82. The number of imide groups is 1. The van der Waals surface area contributed by atoms with Crippen molar-refractivity contribution in [1.29, 1.82) is 0 Å². The van der Waals surface area contributed by atoms with Crippen LogP contribution in [0.3, 0.4) is 0 Å². The lowest BCUT2D eigenvalue weighted by atomic mass is 10.1. The van der Waals surface area contributed by atoms with Gasteiger partial charge in [-0.05, 0) is 61.0 Å². The molecule has 1 N–H and O–H groups in total. The maximum atomic E-state index is 12.5. The molecule has 7 heteroatoms. The number of anilines is 1. The van der Waals surface area contributed by atoms with E-state index in [0.717, 1.165) is 37.8 Å². The average molecular weight is 445 g/mol. The first-order valence-electron chi connectivity index (χ1n) is 8.21. The molecule has 0 saturated carbocycles. The third-order valence-corrected chi connectivity index (χ3v) is 5.44. The minimum absolute atomic E-state index is 0.307. The predicted octanol–water partition coefficient (Wildman–Crippen LogP) is 4.74. The number of halogens is 1. The molecule has 1 saturated heterocycles. The van der Waals surface area contributed by atoms with Gasteiger partial charge < -0.3 is 5.32 Å². The third kappa shape index (κ3) is 4.67. The van der Waals surface area contributed by atoms with E-state index in [-0.39, 0.29) is 6.54 Å². The van der Waals surface area contributed by atoms with E-state index in [0.29, 0.717) is 10.6 Å². The van der Waals surface area contributed by atoms with Gasteiger partial charge in [-0.3, -0.25) is 19.3 Å². The van der Waals surface area contributed by atoms with Crippen molar-refractivity contribution in [3.63, 3.8) is 0 Å². The minimum Gasteiger partial charge on any atom is -0.324 e. The zero-order chi connectivity index (χ0) is 19.6. The van der Waals surface area contributed by atoms with Crippen LogP contribution >= 0.6 is 27.7 Å². The summed E-state index contributed by atoms with van der Waals surface area (Å²) >= 11 is 4.19. The SMILES string of the molecule is Cc1ccc(NC(=O)CN2C(=O)S/C(=C/c3ccc(Br)cc3)C2=O)c(C)c1. The molecule has 0 unspecified atom stereocenters. The Morgan fingerprint density at radius 2 is 1.85 bits per heavy atom. The number of hydrogen-bond donors (Lipinski definition) is 1. The van der Waals surface area contributed by atoms with Gasteiger partial charge in [0, 0.05) is 10.2 Å². The Balaban J connectivity index is 1.69. The Bertz CT molecular complexity index is 954. The summed E-state index contributed by atoms with van der Waals surface area (Å²) in [5.74, 6) is -0.863. The van der Waals surface area contributed by atoms with E-state index < -0.39 is 17.1 Å². The van der Waals surface area contributed by atoms with Crippen LogP contribution in [0.2, 0.25) is 0 Å². The Morgan fingerprint density at radius 1 is 1.15 bits per heavy atom. The van der Waals surface area contributed by atoms with Crippen LogP contribution in [0.4, 0.5) is 10.5 Å². The summed E-state index contributed by atoms with van der Waals surface area (Å²) in [6, 6.07) is 13.0. The highest BCUT2D eigenvalue weighted by Crippen LogP contribution is 2.32. The lowest BCUT2D eigenvalue weighted by Crippen LogP contribution is -2.36.